The second kappa shape index (κ2) is 5.40. The first kappa shape index (κ1) is 13.1. The Hall–Kier alpha value is -1.95. The SMILES string of the molecule is COC(C)([CH]C(=O)Nc1ccccn1)C(N)=O. The van der Waals surface area contributed by atoms with E-state index in [-0.39, 0.29) is 0 Å². The average Bonchev–Trinajstić information content (AvgIpc) is 2.29. The molecule has 6 nitrogen and oxygen atoms in total. The Morgan fingerprint density at radius 1 is 1.53 bits per heavy atom. The van der Waals surface area contributed by atoms with Crippen molar-refractivity contribution in [3.05, 3.63) is 30.8 Å². The average molecular weight is 236 g/mol. The minimum absolute atomic E-state index is 0.386. The number of rotatable bonds is 5. The first-order valence-corrected chi connectivity index (χ1v) is 4.91. The number of ether oxygens (including phenoxy) is 1. The molecule has 0 aliphatic heterocycles. The molecule has 0 spiro atoms. The van der Waals surface area contributed by atoms with Crippen molar-refractivity contribution >= 4 is 17.6 Å². The molecule has 6 heteroatoms. The van der Waals surface area contributed by atoms with Gasteiger partial charge in [0.25, 0.3) is 0 Å². The van der Waals surface area contributed by atoms with Crippen molar-refractivity contribution in [2.45, 2.75) is 12.5 Å². The van der Waals surface area contributed by atoms with E-state index in [1.54, 1.807) is 24.4 Å². The Bertz CT molecular complexity index is 408. The molecule has 2 amide bonds. The minimum atomic E-state index is -1.43. The van der Waals surface area contributed by atoms with Gasteiger partial charge in [-0.15, -0.1) is 0 Å². The van der Waals surface area contributed by atoms with Gasteiger partial charge in [-0.1, -0.05) is 6.07 Å². The molecule has 0 bridgehead atoms. The molecule has 0 aromatic carbocycles. The van der Waals surface area contributed by atoms with Crippen molar-refractivity contribution in [3.8, 4) is 0 Å². The van der Waals surface area contributed by atoms with Gasteiger partial charge in [-0.2, -0.15) is 0 Å². The molecule has 3 N–H and O–H groups in total. The number of hydrogen-bond acceptors (Lipinski definition) is 4. The quantitative estimate of drug-likeness (QED) is 0.758. The maximum atomic E-state index is 11.6. The molecule has 1 aromatic heterocycles. The summed E-state index contributed by atoms with van der Waals surface area (Å²) in [5.41, 5.74) is 3.70. The van der Waals surface area contributed by atoms with E-state index in [9.17, 15) is 9.59 Å². The smallest absolute Gasteiger partial charge is 0.250 e. The van der Waals surface area contributed by atoms with Gasteiger partial charge < -0.3 is 15.8 Å². The van der Waals surface area contributed by atoms with Crippen LogP contribution in [0.2, 0.25) is 0 Å². The Labute approximate surface area is 99.2 Å². The predicted molar refractivity (Wildman–Crippen MR) is 61.8 cm³/mol. The van der Waals surface area contributed by atoms with E-state index in [1.165, 1.54) is 14.0 Å². The number of amides is 2. The fourth-order valence-corrected chi connectivity index (χ4v) is 1.08. The van der Waals surface area contributed by atoms with Crippen LogP contribution in [0.1, 0.15) is 6.92 Å². The van der Waals surface area contributed by atoms with Crippen LogP contribution in [-0.2, 0) is 14.3 Å². The van der Waals surface area contributed by atoms with E-state index in [2.05, 4.69) is 10.3 Å². The molecular formula is C11H14N3O3. The van der Waals surface area contributed by atoms with Crippen LogP contribution < -0.4 is 11.1 Å². The number of aromatic nitrogens is 1. The summed E-state index contributed by atoms with van der Waals surface area (Å²) < 4.78 is 4.90. The van der Waals surface area contributed by atoms with Crippen LogP contribution in [0.4, 0.5) is 5.82 Å². The van der Waals surface area contributed by atoms with Gasteiger partial charge in [-0.25, -0.2) is 4.98 Å². The van der Waals surface area contributed by atoms with Crippen LogP contribution in [-0.4, -0.2) is 29.5 Å². The van der Waals surface area contributed by atoms with Gasteiger partial charge in [0.1, 0.15) is 5.82 Å². The second-order valence-electron chi connectivity index (χ2n) is 3.52. The molecule has 91 valence electrons. The van der Waals surface area contributed by atoms with E-state index < -0.39 is 17.4 Å². The third-order valence-electron chi connectivity index (χ3n) is 2.24. The molecule has 1 unspecified atom stereocenters. The van der Waals surface area contributed by atoms with Crippen LogP contribution in [0.5, 0.6) is 0 Å². The Morgan fingerprint density at radius 3 is 2.71 bits per heavy atom. The Balaban J connectivity index is 2.64. The normalized spacial score (nSPS) is 13.8. The van der Waals surface area contributed by atoms with Crippen LogP contribution >= 0.6 is 0 Å². The van der Waals surface area contributed by atoms with E-state index >= 15 is 0 Å². The van der Waals surface area contributed by atoms with Gasteiger partial charge in [0.05, 0.1) is 6.42 Å². The summed E-state index contributed by atoms with van der Waals surface area (Å²) in [5, 5.41) is 2.49. The van der Waals surface area contributed by atoms with E-state index in [0.717, 1.165) is 6.42 Å². The van der Waals surface area contributed by atoms with Crippen LogP contribution in [0.3, 0.4) is 0 Å². The zero-order chi connectivity index (χ0) is 12.9. The number of methoxy groups -OCH3 is 1. The van der Waals surface area contributed by atoms with E-state index in [1.807, 2.05) is 0 Å². The molecule has 1 rings (SSSR count). The maximum absolute atomic E-state index is 11.6. The molecule has 1 aromatic rings. The van der Waals surface area contributed by atoms with Crippen LogP contribution in [0.25, 0.3) is 0 Å². The van der Waals surface area contributed by atoms with E-state index in [4.69, 9.17) is 10.5 Å². The lowest BCUT2D eigenvalue weighted by atomic mass is 10.0. The van der Waals surface area contributed by atoms with Crippen molar-refractivity contribution in [1.29, 1.82) is 0 Å². The van der Waals surface area contributed by atoms with Gasteiger partial charge in [-0.3, -0.25) is 9.59 Å². The lowest BCUT2D eigenvalue weighted by Crippen LogP contribution is -2.46. The standard InChI is InChI=1S/C11H14N3O3/c1-11(17-2,10(12)16)7-9(15)14-8-5-3-4-6-13-8/h3-7H,1-2H3,(H2,12,16)(H,13,14,15). The van der Waals surface area contributed by atoms with E-state index in [0.29, 0.717) is 5.82 Å². The number of nitrogens with two attached hydrogens (primary N) is 1. The number of primary amides is 1. The van der Waals surface area contributed by atoms with Gasteiger partial charge in [0.2, 0.25) is 11.8 Å². The molecule has 0 fully saturated rings. The highest BCUT2D eigenvalue weighted by molar-refractivity contribution is 6.02. The van der Waals surface area contributed by atoms with Crippen molar-refractivity contribution < 1.29 is 14.3 Å². The van der Waals surface area contributed by atoms with Crippen molar-refractivity contribution in [2.75, 3.05) is 12.4 Å². The van der Waals surface area contributed by atoms with Crippen molar-refractivity contribution in [1.82, 2.24) is 4.98 Å². The zero-order valence-electron chi connectivity index (χ0n) is 9.64. The van der Waals surface area contributed by atoms with Crippen molar-refractivity contribution in [2.24, 2.45) is 5.73 Å². The number of carbonyl (C=O) groups excluding carboxylic acids is 2. The number of nitrogens with zero attached hydrogens (tertiary/aromatic N) is 1. The molecule has 0 saturated carbocycles. The first-order chi connectivity index (χ1) is 7.98. The summed E-state index contributed by atoms with van der Waals surface area (Å²) >= 11 is 0. The molecule has 0 aliphatic carbocycles. The zero-order valence-corrected chi connectivity index (χ0v) is 9.64. The predicted octanol–water partition coefficient (Wildman–Crippen LogP) is 0.115. The molecule has 17 heavy (non-hydrogen) atoms. The summed E-state index contributed by atoms with van der Waals surface area (Å²) in [4.78, 5) is 26.6. The fourth-order valence-electron chi connectivity index (χ4n) is 1.08. The second-order valence-corrected chi connectivity index (χ2v) is 3.52. The molecular weight excluding hydrogens is 222 g/mol. The topological polar surface area (TPSA) is 94.3 Å². The number of anilines is 1. The number of hydrogen-bond donors (Lipinski definition) is 2. The Kier molecular flexibility index (Phi) is 4.17. The molecule has 1 heterocycles. The fraction of sp³-hybridized carbons (Fsp3) is 0.273. The number of nitrogens with one attached hydrogen (secondary N) is 1. The van der Waals surface area contributed by atoms with Crippen LogP contribution in [0, 0.1) is 6.42 Å². The highest BCUT2D eigenvalue weighted by Gasteiger charge is 2.34. The monoisotopic (exact) mass is 236 g/mol. The third kappa shape index (κ3) is 3.53. The van der Waals surface area contributed by atoms with Gasteiger partial charge >= 0.3 is 0 Å². The highest BCUT2D eigenvalue weighted by atomic mass is 16.5. The number of pyridine rings is 1. The van der Waals surface area contributed by atoms with Gasteiger partial charge in [0, 0.05) is 13.3 Å². The van der Waals surface area contributed by atoms with Crippen LogP contribution in [0.15, 0.2) is 24.4 Å². The highest BCUT2D eigenvalue weighted by Crippen LogP contribution is 2.13. The van der Waals surface area contributed by atoms with Gasteiger partial charge in [-0.05, 0) is 19.1 Å². The van der Waals surface area contributed by atoms with Crippen molar-refractivity contribution in [3.63, 3.8) is 0 Å². The summed E-state index contributed by atoms with van der Waals surface area (Å²) in [5.74, 6) is -0.861. The largest absolute Gasteiger partial charge is 0.368 e. The third-order valence-corrected chi connectivity index (χ3v) is 2.24. The molecule has 1 radical (unpaired) electrons. The molecule has 1 atom stereocenters. The maximum Gasteiger partial charge on any atom is 0.250 e. The summed E-state index contributed by atoms with van der Waals surface area (Å²) in [6.07, 6.45) is 2.61. The summed E-state index contributed by atoms with van der Waals surface area (Å²) in [7, 11) is 1.30. The van der Waals surface area contributed by atoms with Gasteiger partial charge in [0.15, 0.2) is 5.60 Å². The lowest BCUT2D eigenvalue weighted by molar-refractivity contribution is -0.137. The first-order valence-electron chi connectivity index (χ1n) is 4.91. The molecule has 0 saturated heterocycles. The molecule has 0 aliphatic rings. The summed E-state index contributed by atoms with van der Waals surface area (Å²) in [6.45, 7) is 1.41. The lowest BCUT2D eigenvalue weighted by Gasteiger charge is -2.22. The minimum Gasteiger partial charge on any atom is -0.368 e. The number of carbonyl (C=O) groups is 2. The Morgan fingerprint density at radius 2 is 2.24 bits per heavy atom. The summed E-state index contributed by atoms with van der Waals surface area (Å²) in [6, 6.07) is 5.08.